The van der Waals surface area contributed by atoms with Crippen molar-refractivity contribution >= 4 is 11.0 Å². The number of H-pyrrole nitrogens is 1. The second-order valence-corrected chi connectivity index (χ2v) is 5.08. The molecular formula is C17H16N2O3. The predicted octanol–water partition coefficient (Wildman–Crippen LogP) is 2.40. The van der Waals surface area contributed by atoms with Crippen LogP contribution in [0.5, 0.6) is 5.75 Å². The molecule has 3 aromatic rings. The number of aliphatic hydroxyl groups is 1. The second kappa shape index (κ2) is 5.61. The number of ether oxygens (including phenoxy) is 1. The topological polar surface area (TPSA) is 75.2 Å². The van der Waals surface area contributed by atoms with E-state index in [1.807, 2.05) is 30.3 Å². The van der Waals surface area contributed by atoms with Gasteiger partial charge in [0.15, 0.2) is 0 Å². The van der Waals surface area contributed by atoms with Gasteiger partial charge in [0.05, 0.1) is 24.8 Å². The molecule has 0 amide bonds. The molecule has 5 heteroatoms. The summed E-state index contributed by atoms with van der Waals surface area (Å²) in [6, 6.07) is 11.2. The molecule has 0 saturated carbocycles. The van der Waals surface area contributed by atoms with Gasteiger partial charge in [-0.3, -0.25) is 4.79 Å². The Balaban J connectivity index is 2.30. The fraction of sp³-hybridized carbons (Fsp3) is 0.176. The maximum absolute atomic E-state index is 11.8. The smallest absolute Gasteiger partial charge is 0.269 e. The molecule has 0 radical (unpaired) electrons. The molecule has 0 spiro atoms. The molecule has 1 aromatic heterocycles. The largest absolute Gasteiger partial charge is 0.497 e. The third-order valence-electron chi connectivity index (χ3n) is 3.61. The fourth-order valence-corrected chi connectivity index (χ4v) is 2.42. The SMILES string of the molecule is COc1ccc(-c2cc(CO)cc3[nH]c(=O)c(C)nc23)cc1. The van der Waals surface area contributed by atoms with Crippen molar-refractivity contribution in [1.82, 2.24) is 9.97 Å². The Morgan fingerprint density at radius 2 is 1.95 bits per heavy atom. The lowest BCUT2D eigenvalue weighted by Gasteiger charge is -2.10. The molecule has 22 heavy (non-hydrogen) atoms. The van der Waals surface area contributed by atoms with Gasteiger partial charge >= 0.3 is 0 Å². The summed E-state index contributed by atoms with van der Waals surface area (Å²) < 4.78 is 5.17. The minimum atomic E-state index is -0.219. The number of aromatic amines is 1. The zero-order valence-corrected chi connectivity index (χ0v) is 12.4. The number of aromatic nitrogens is 2. The summed E-state index contributed by atoms with van der Waals surface area (Å²) >= 11 is 0. The summed E-state index contributed by atoms with van der Waals surface area (Å²) in [5, 5.41) is 9.44. The van der Waals surface area contributed by atoms with Crippen LogP contribution in [0, 0.1) is 6.92 Å². The van der Waals surface area contributed by atoms with Gasteiger partial charge in [0.1, 0.15) is 11.4 Å². The molecule has 2 aromatic carbocycles. The quantitative estimate of drug-likeness (QED) is 0.778. The highest BCUT2D eigenvalue weighted by atomic mass is 16.5. The van der Waals surface area contributed by atoms with Crippen molar-refractivity contribution in [2.45, 2.75) is 13.5 Å². The van der Waals surface area contributed by atoms with Gasteiger partial charge < -0.3 is 14.8 Å². The van der Waals surface area contributed by atoms with Crippen LogP contribution in [-0.2, 0) is 6.61 Å². The van der Waals surface area contributed by atoms with E-state index in [0.29, 0.717) is 16.7 Å². The van der Waals surface area contributed by atoms with Crippen molar-refractivity contribution < 1.29 is 9.84 Å². The number of aliphatic hydroxyl groups excluding tert-OH is 1. The van der Waals surface area contributed by atoms with Crippen LogP contribution in [0.3, 0.4) is 0 Å². The molecule has 112 valence electrons. The summed E-state index contributed by atoms with van der Waals surface area (Å²) in [5.41, 5.74) is 4.05. The van der Waals surface area contributed by atoms with Crippen molar-refractivity contribution in [2.24, 2.45) is 0 Å². The lowest BCUT2D eigenvalue weighted by atomic mass is 10.0. The van der Waals surface area contributed by atoms with Crippen LogP contribution in [0.25, 0.3) is 22.2 Å². The van der Waals surface area contributed by atoms with E-state index in [4.69, 9.17) is 4.74 Å². The lowest BCUT2D eigenvalue weighted by molar-refractivity contribution is 0.282. The van der Waals surface area contributed by atoms with Crippen LogP contribution >= 0.6 is 0 Å². The Hall–Kier alpha value is -2.66. The van der Waals surface area contributed by atoms with E-state index in [-0.39, 0.29) is 12.2 Å². The highest BCUT2D eigenvalue weighted by Gasteiger charge is 2.10. The molecule has 0 fully saturated rings. The minimum absolute atomic E-state index is 0.102. The first-order chi connectivity index (χ1) is 10.6. The van der Waals surface area contributed by atoms with E-state index in [1.165, 1.54) is 0 Å². The number of rotatable bonds is 3. The fourth-order valence-electron chi connectivity index (χ4n) is 2.42. The molecular weight excluding hydrogens is 280 g/mol. The van der Waals surface area contributed by atoms with Gasteiger partial charge in [0.25, 0.3) is 5.56 Å². The lowest BCUT2D eigenvalue weighted by Crippen LogP contribution is -2.12. The Bertz CT molecular complexity index is 883. The molecule has 1 heterocycles. The standard InChI is InChI=1S/C17H16N2O3/c1-10-17(21)19-15-8-11(9-20)7-14(16(15)18-10)12-3-5-13(22-2)6-4-12/h3-8,20H,9H2,1-2H3,(H,19,21). The van der Waals surface area contributed by atoms with Crippen molar-refractivity contribution in [3.8, 4) is 16.9 Å². The second-order valence-electron chi connectivity index (χ2n) is 5.08. The van der Waals surface area contributed by atoms with E-state index in [0.717, 1.165) is 22.4 Å². The van der Waals surface area contributed by atoms with Crippen molar-refractivity contribution in [3.63, 3.8) is 0 Å². The van der Waals surface area contributed by atoms with E-state index >= 15 is 0 Å². The van der Waals surface area contributed by atoms with Gasteiger partial charge in [-0.15, -0.1) is 0 Å². The molecule has 0 aliphatic heterocycles. The van der Waals surface area contributed by atoms with E-state index < -0.39 is 0 Å². The third kappa shape index (κ3) is 2.46. The van der Waals surface area contributed by atoms with Crippen LogP contribution in [0.1, 0.15) is 11.3 Å². The molecule has 0 bridgehead atoms. The van der Waals surface area contributed by atoms with E-state index in [1.54, 1.807) is 20.1 Å². The van der Waals surface area contributed by atoms with Crippen molar-refractivity contribution in [3.05, 3.63) is 58.0 Å². The van der Waals surface area contributed by atoms with Gasteiger partial charge in [-0.1, -0.05) is 12.1 Å². The Kier molecular flexibility index (Phi) is 3.65. The summed E-state index contributed by atoms with van der Waals surface area (Å²) in [6.45, 7) is 1.57. The monoisotopic (exact) mass is 296 g/mol. The molecule has 5 nitrogen and oxygen atoms in total. The van der Waals surface area contributed by atoms with Gasteiger partial charge in [-0.25, -0.2) is 4.98 Å². The van der Waals surface area contributed by atoms with Crippen molar-refractivity contribution in [1.29, 1.82) is 0 Å². The average molecular weight is 296 g/mol. The van der Waals surface area contributed by atoms with E-state index in [9.17, 15) is 9.90 Å². The summed E-state index contributed by atoms with van der Waals surface area (Å²) in [4.78, 5) is 19.0. The van der Waals surface area contributed by atoms with Crippen molar-refractivity contribution in [2.75, 3.05) is 7.11 Å². The summed E-state index contributed by atoms with van der Waals surface area (Å²) in [7, 11) is 1.62. The highest BCUT2D eigenvalue weighted by Crippen LogP contribution is 2.29. The van der Waals surface area contributed by atoms with Crippen LogP contribution in [0.4, 0.5) is 0 Å². The highest BCUT2D eigenvalue weighted by molar-refractivity contribution is 5.92. The maximum atomic E-state index is 11.8. The predicted molar refractivity (Wildman–Crippen MR) is 85.0 cm³/mol. The molecule has 0 aliphatic rings. The first-order valence-corrected chi connectivity index (χ1v) is 6.91. The number of hydrogen-bond acceptors (Lipinski definition) is 4. The first-order valence-electron chi connectivity index (χ1n) is 6.91. The summed E-state index contributed by atoms with van der Waals surface area (Å²) in [5.74, 6) is 0.768. The molecule has 3 rings (SSSR count). The van der Waals surface area contributed by atoms with Crippen LogP contribution in [0.2, 0.25) is 0 Å². The molecule has 0 saturated heterocycles. The summed E-state index contributed by atoms with van der Waals surface area (Å²) in [6.07, 6.45) is 0. The molecule has 0 aliphatic carbocycles. The molecule has 0 unspecified atom stereocenters. The number of methoxy groups -OCH3 is 1. The first kappa shape index (κ1) is 14.3. The van der Waals surface area contributed by atoms with Crippen LogP contribution in [-0.4, -0.2) is 22.2 Å². The third-order valence-corrected chi connectivity index (χ3v) is 3.61. The zero-order valence-electron chi connectivity index (χ0n) is 12.4. The number of aryl methyl sites for hydroxylation is 1. The van der Waals surface area contributed by atoms with Crippen LogP contribution in [0.15, 0.2) is 41.2 Å². The Morgan fingerprint density at radius 1 is 1.23 bits per heavy atom. The zero-order chi connectivity index (χ0) is 15.7. The van der Waals surface area contributed by atoms with Gasteiger partial charge in [-0.2, -0.15) is 0 Å². The number of benzene rings is 2. The number of nitrogens with one attached hydrogen (secondary N) is 1. The average Bonchev–Trinajstić information content (AvgIpc) is 2.55. The number of nitrogens with zero attached hydrogens (tertiary/aromatic N) is 1. The van der Waals surface area contributed by atoms with Crippen LogP contribution < -0.4 is 10.3 Å². The minimum Gasteiger partial charge on any atom is -0.497 e. The van der Waals surface area contributed by atoms with Gasteiger partial charge in [0, 0.05) is 5.56 Å². The molecule has 0 atom stereocenters. The number of fused-ring (bicyclic) bond motifs is 1. The maximum Gasteiger partial charge on any atom is 0.269 e. The van der Waals surface area contributed by atoms with Gasteiger partial charge in [0.2, 0.25) is 0 Å². The molecule has 2 N–H and O–H groups in total. The van der Waals surface area contributed by atoms with Gasteiger partial charge in [-0.05, 0) is 42.3 Å². The number of hydrogen-bond donors (Lipinski definition) is 2. The Labute approximate surface area is 127 Å². The normalized spacial score (nSPS) is 10.9. The van der Waals surface area contributed by atoms with E-state index in [2.05, 4.69) is 9.97 Å². The Morgan fingerprint density at radius 3 is 2.59 bits per heavy atom.